The van der Waals surface area contributed by atoms with Gasteiger partial charge in [-0.15, -0.1) is 0 Å². The summed E-state index contributed by atoms with van der Waals surface area (Å²) >= 11 is 0. The van der Waals surface area contributed by atoms with Gasteiger partial charge in [0.05, 0.1) is 0 Å². The Labute approximate surface area is 75.8 Å². The number of unbranched alkanes of at least 4 members (excludes halogenated alkanes) is 6. The fourth-order valence-electron chi connectivity index (χ4n) is 1.10. The normalized spacial score (nSPS) is 8.67. The van der Waals surface area contributed by atoms with Crippen molar-refractivity contribution in [1.82, 2.24) is 0 Å². The van der Waals surface area contributed by atoms with Crippen molar-refractivity contribution in [2.45, 2.75) is 51.9 Å². The molecule has 2 N–H and O–H groups in total. The van der Waals surface area contributed by atoms with Gasteiger partial charge in [-0.3, -0.25) is 0 Å². The highest BCUT2D eigenvalue weighted by Gasteiger charge is 1.87. The van der Waals surface area contributed by atoms with Crippen molar-refractivity contribution in [3.63, 3.8) is 0 Å². The van der Waals surface area contributed by atoms with Crippen molar-refractivity contribution < 1.29 is 0 Å². The van der Waals surface area contributed by atoms with E-state index in [1.54, 1.807) is 0 Å². The van der Waals surface area contributed by atoms with E-state index in [0.29, 0.717) is 0 Å². The van der Waals surface area contributed by atoms with Gasteiger partial charge in [0.15, 0.2) is 0 Å². The first-order valence-electron chi connectivity index (χ1n) is 4.82. The second-order valence-corrected chi connectivity index (χ2v) is 2.91. The van der Waals surface area contributed by atoms with Gasteiger partial charge in [-0.25, -0.2) is 0 Å². The van der Waals surface area contributed by atoms with Gasteiger partial charge in [0.1, 0.15) is 0 Å². The molecule has 0 fully saturated rings. The third-order valence-corrected chi connectivity index (χ3v) is 1.81. The minimum Gasteiger partial charge on any atom is -0.330 e. The number of hydrogen-bond donors (Lipinski definition) is 1. The van der Waals surface area contributed by atoms with Gasteiger partial charge in [0, 0.05) is 10.8 Å². The molecule has 72 valence electrons. The zero-order chi connectivity index (χ0) is 9.66. The van der Waals surface area contributed by atoms with Gasteiger partial charge in [-0.05, 0) is 13.0 Å². The molecule has 0 radical (unpaired) electrons. The number of nitrogens with zero attached hydrogens (tertiary/aromatic N) is 2. The standard InChI is InChI=1S/C9H21N.N2/c1-2-3-4-5-6-7-8-9-10;1-2/h2-10H2,1H3;. The van der Waals surface area contributed by atoms with E-state index in [1.807, 2.05) is 0 Å². The minimum absolute atomic E-state index is 0.869. The van der Waals surface area contributed by atoms with E-state index < -0.39 is 0 Å². The van der Waals surface area contributed by atoms with Gasteiger partial charge in [-0.2, -0.15) is 0 Å². The zero-order valence-electron chi connectivity index (χ0n) is 8.13. The van der Waals surface area contributed by atoms with Crippen molar-refractivity contribution in [3.05, 3.63) is 0 Å². The molecule has 0 bridgehead atoms. The Kier molecular flexibility index (Phi) is 19.5. The first kappa shape index (κ1) is 13.9. The van der Waals surface area contributed by atoms with Crippen LogP contribution < -0.4 is 5.73 Å². The number of rotatable bonds is 7. The molecule has 0 aromatic heterocycles. The predicted molar refractivity (Wildman–Crippen MR) is 50.5 cm³/mol. The van der Waals surface area contributed by atoms with E-state index in [-0.39, 0.29) is 0 Å². The molecule has 0 amide bonds. The highest BCUT2D eigenvalue weighted by atomic mass is 14.6. The quantitative estimate of drug-likeness (QED) is 0.472. The van der Waals surface area contributed by atoms with E-state index in [4.69, 9.17) is 16.5 Å². The second kappa shape index (κ2) is 16.8. The summed E-state index contributed by atoms with van der Waals surface area (Å²) in [5, 5.41) is 12.0. The first-order chi connectivity index (χ1) is 5.91. The van der Waals surface area contributed by atoms with E-state index in [0.717, 1.165) is 6.54 Å². The Morgan fingerprint density at radius 2 is 1.25 bits per heavy atom. The van der Waals surface area contributed by atoms with Crippen molar-refractivity contribution in [3.8, 4) is 0 Å². The predicted octanol–water partition coefficient (Wildman–Crippen LogP) is 2.73. The molecule has 0 aliphatic rings. The van der Waals surface area contributed by atoms with Gasteiger partial charge in [0.25, 0.3) is 0 Å². The molecule has 0 aromatic rings. The summed E-state index contributed by atoms with van der Waals surface area (Å²) in [6.45, 7) is 3.12. The maximum Gasteiger partial charge on any atom is 0 e. The molecule has 3 nitrogen and oxygen atoms in total. The Bertz CT molecular complexity index is 73.1. The van der Waals surface area contributed by atoms with Gasteiger partial charge < -0.3 is 5.73 Å². The van der Waals surface area contributed by atoms with Crippen LogP contribution in [0.2, 0.25) is 0 Å². The van der Waals surface area contributed by atoms with Crippen LogP contribution in [0, 0.1) is 10.8 Å². The minimum atomic E-state index is 0.869. The SMILES string of the molecule is CCCCCCCCCN.N#N. The molecule has 0 saturated carbocycles. The molecule has 3 heteroatoms. The summed E-state index contributed by atoms with van der Waals surface area (Å²) in [6, 6.07) is 0. The van der Waals surface area contributed by atoms with Crippen LogP contribution in [0.1, 0.15) is 51.9 Å². The average molecular weight is 171 g/mol. The van der Waals surface area contributed by atoms with Crippen molar-refractivity contribution >= 4 is 0 Å². The highest BCUT2D eigenvalue weighted by Crippen LogP contribution is 2.05. The summed E-state index contributed by atoms with van der Waals surface area (Å²) in [6.07, 6.45) is 9.51. The third kappa shape index (κ3) is 16.2. The van der Waals surface area contributed by atoms with Crippen molar-refractivity contribution in [2.75, 3.05) is 6.54 Å². The molecule has 0 aliphatic heterocycles. The van der Waals surface area contributed by atoms with Gasteiger partial charge in [-0.1, -0.05) is 45.4 Å². The van der Waals surface area contributed by atoms with E-state index in [9.17, 15) is 0 Å². The molecule has 0 atom stereocenters. The zero-order valence-corrected chi connectivity index (χ0v) is 8.13. The molecule has 0 saturated heterocycles. The molecule has 0 rings (SSSR count). The van der Waals surface area contributed by atoms with Gasteiger partial charge >= 0.3 is 0 Å². The van der Waals surface area contributed by atoms with Gasteiger partial charge in [0.2, 0.25) is 0 Å². The van der Waals surface area contributed by atoms with Crippen LogP contribution in [0.5, 0.6) is 0 Å². The molecule has 0 aliphatic carbocycles. The highest BCUT2D eigenvalue weighted by molar-refractivity contribution is 4.44. The topological polar surface area (TPSA) is 73.6 Å². The van der Waals surface area contributed by atoms with Crippen LogP contribution in [0.25, 0.3) is 0 Å². The maximum atomic E-state index is 6.00. The lowest BCUT2D eigenvalue weighted by atomic mass is 10.1. The molecule has 0 aromatic carbocycles. The van der Waals surface area contributed by atoms with Crippen LogP contribution in [-0.2, 0) is 0 Å². The summed E-state index contributed by atoms with van der Waals surface area (Å²) < 4.78 is 0. The lowest BCUT2D eigenvalue weighted by Gasteiger charge is -1.97. The monoisotopic (exact) mass is 171 g/mol. The third-order valence-electron chi connectivity index (χ3n) is 1.81. The van der Waals surface area contributed by atoms with E-state index in [2.05, 4.69) is 6.92 Å². The largest absolute Gasteiger partial charge is 0.330 e. The molecule has 0 unspecified atom stereocenters. The summed E-state index contributed by atoms with van der Waals surface area (Å²) in [7, 11) is 0. The second-order valence-electron chi connectivity index (χ2n) is 2.91. The Morgan fingerprint density at radius 3 is 1.67 bits per heavy atom. The van der Waals surface area contributed by atoms with Crippen LogP contribution in [0.3, 0.4) is 0 Å². The van der Waals surface area contributed by atoms with E-state index in [1.165, 1.54) is 44.9 Å². The molecule has 0 heterocycles. The number of nitrogens with two attached hydrogens (primary N) is 1. The molecule has 12 heavy (non-hydrogen) atoms. The smallest absolute Gasteiger partial charge is 0 e. The van der Waals surface area contributed by atoms with Crippen LogP contribution in [0.15, 0.2) is 0 Å². The van der Waals surface area contributed by atoms with Crippen LogP contribution >= 0.6 is 0 Å². The Balaban J connectivity index is 0. The van der Waals surface area contributed by atoms with E-state index >= 15 is 0 Å². The number of hydrogen-bond acceptors (Lipinski definition) is 3. The maximum absolute atomic E-state index is 6.00. The summed E-state index contributed by atoms with van der Waals surface area (Å²) in [5.74, 6) is 0. The lowest BCUT2D eigenvalue weighted by molar-refractivity contribution is 0.593. The molecular formula is C9H21N3. The van der Waals surface area contributed by atoms with Crippen LogP contribution in [-0.4, -0.2) is 6.54 Å². The average Bonchev–Trinajstić information content (AvgIpc) is 2.15. The molecular weight excluding hydrogens is 150 g/mol. The molecule has 0 spiro atoms. The van der Waals surface area contributed by atoms with Crippen molar-refractivity contribution in [2.24, 2.45) is 5.73 Å². The fourth-order valence-corrected chi connectivity index (χ4v) is 1.10. The Morgan fingerprint density at radius 1 is 0.833 bits per heavy atom. The lowest BCUT2D eigenvalue weighted by Crippen LogP contribution is -1.97. The fraction of sp³-hybridized carbons (Fsp3) is 1.00. The summed E-state index contributed by atoms with van der Waals surface area (Å²) in [5.41, 5.74) is 5.37. The van der Waals surface area contributed by atoms with Crippen molar-refractivity contribution in [1.29, 1.82) is 10.8 Å². The van der Waals surface area contributed by atoms with Crippen LogP contribution in [0.4, 0.5) is 0 Å². The first-order valence-corrected chi connectivity index (χ1v) is 4.82. The summed E-state index contributed by atoms with van der Waals surface area (Å²) in [4.78, 5) is 0. The Hall–Kier alpha value is -0.620.